The fourth-order valence-corrected chi connectivity index (χ4v) is 2.62. The van der Waals surface area contributed by atoms with E-state index in [0.29, 0.717) is 27.1 Å². The van der Waals surface area contributed by atoms with E-state index in [1.807, 2.05) is 0 Å². The number of hydrazone groups is 1. The second-order valence-corrected chi connectivity index (χ2v) is 6.12. The van der Waals surface area contributed by atoms with Crippen molar-refractivity contribution in [1.29, 1.82) is 0 Å². The van der Waals surface area contributed by atoms with Gasteiger partial charge < -0.3 is 14.2 Å². The van der Waals surface area contributed by atoms with Gasteiger partial charge in [0, 0.05) is 10.6 Å². The number of carbonyl (C=O) groups is 2. The topological polar surface area (TPSA) is 96.8 Å². The van der Waals surface area contributed by atoms with E-state index < -0.39 is 11.8 Å². The molecule has 0 bridgehead atoms. The van der Waals surface area contributed by atoms with Crippen LogP contribution in [-0.4, -0.2) is 24.6 Å². The minimum Gasteiger partial charge on any atom is -0.459 e. The number of halogens is 2. The average molecular weight is 406 g/mol. The third kappa shape index (κ3) is 4.99. The lowest BCUT2D eigenvalue weighted by molar-refractivity contribution is -0.120. The molecule has 0 spiro atoms. The summed E-state index contributed by atoms with van der Waals surface area (Å²) < 4.78 is 10.5. The fraction of sp³-hybridized carbons (Fsp3) is 0.0556. The molecule has 2 N–H and O–H groups in total. The predicted molar refractivity (Wildman–Crippen MR) is 101 cm³/mol. The zero-order chi connectivity index (χ0) is 19.2. The Morgan fingerprint density at radius 2 is 2.00 bits per heavy atom. The lowest BCUT2D eigenvalue weighted by Crippen LogP contribution is -2.34. The molecule has 27 heavy (non-hydrogen) atoms. The Kier molecular flexibility index (Phi) is 5.95. The van der Waals surface area contributed by atoms with E-state index in [1.54, 1.807) is 36.4 Å². The molecule has 9 heteroatoms. The second-order valence-electron chi connectivity index (χ2n) is 5.28. The summed E-state index contributed by atoms with van der Waals surface area (Å²) in [5.41, 5.74) is 2.97. The maximum absolute atomic E-state index is 11.7. The maximum Gasteiger partial charge on any atom is 0.287 e. The van der Waals surface area contributed by atoms with Gasteiger partial charge in [0.1, 0.15) is 11.5 Å². The van der Waals surface area contributed by atoms with Crippen LogP contribution in [-0.2, 0) is 4.79 Å². The van der Waals surface area contributed by atoms with Crippen LogP contribution < -0.4 is 10.7 Å². The van der Waals surface area contributed by atoms with Crippen molar-refractivity contribution in [2.75, 3.05) is 6.54 Å². The quantitative estimate of drug-likeness (QED) is 0.482. The molecular weight excluding hydrogens is 393 g/mol. The highest BCUT2D eigenvalue weighted by atomic mass is 35.5. The van der Waals surface area contributed by atoms with Crippen molar-refractivity contribution in [1.82, 2.24) is 10.7 Å². The minimum atomic E-state index is -0.501. The van der Waals surface area contributed by atoms with Gasteiger partial charge in [-0.05, 0) is 42.5 Å². The van der Waals surface area contributed by atoms with Crippen molar-refractivity contribution < 1.29 is 18.4 Å². The van der Waals surface area contributed by atoms with Gasteiger partial charge in [0.25, 0.3) is 11.8 Å². The number of nitrogens with zero attached hydrogens (tertiary/aromatic N) is 1. The van der Waals surface area contributed by atoms with Crippen LogP contribution in [0.25, 0.3) is 11.3 Å². The van der Waals surface area contributed by atoms with E-state index in [4.69, 9.17) is 32.0 Å². The van der Waals surface area contributed by atoms with Gasteiger partial charge in [-0.2, -0.15) is 5.10 Å². The van der Waals surface area contributed by atoms with Crippen molar-refractivity contribution in [2.24, 2.45) is 5.10 Å². The van der Waals surface area contributed by atoms with Gasteiger partial charge in [0.05, 0.1) is 24.0 Å². The number of rotatable bonds is 6. The van der Waals surface area contributed by atoms with Crippen molar-refractivity contribution in [3.8, 4) is 11.3 Å². The number of furan rings is 2. The smallest absolute Gasteiger partial charge is 0.287 e. The second kappa shape index (κ2) is 8.57. The normalized spacial score (nSPS) is 10.9. The van der Waals surface area contributed by atoms with Crippen LogP contribution in [0.1, 0.15) is 16.3 Å². The van der Waals surface area contributed by atoms with Gasteiger partial charge in [-0.25, -0.2) is 5.43 Å². The average Bonchev–Trinajstić information content (AvgIpc) is 3.32. The Morgan fingerprint density at radius 1 is 1.15 bits per heavy atom. The molecule has 0 aliphatic carbocycles. The molecule has 7 nitrogen and oxygen atoms in total. The van der Waals surface area contributed by atoms with Gasteiger partial charge in [-0.15, -0.1) is 0 Å². The number of carbonyl (C=O) groups excluding carboxylic acids is 2. The van der Waals surface area contributed by atoms with Gasteiger partial charge in [0.15, 0.2) is 5.76 Å². The van der Waals surface area contributed by atoms with E-state index >= 15 is 0 Å². The number of hydrogen-bond donors (Lipinski definition) is 2. The molecule has 3 rings (SSSR count). The summed E-state index contributed by atoms with van der Waals surface area (Å²) in [6.07, 6.45) is 2.70. The molecule has 2 amide bonds. The van der Waals surface area contributed by atoms with Gasteiger partial charge in [-0.1, -0.05) is 23.2 Å². The monoisotopic (exact) mass is 405 g/mol. The van der Waals surface area contributed by atoms with Crippen molar-refractivity contribution in [2.45, 2.75) is 0 Å². The Labute approximate surface area is 163 Å². The van der Waals surface area contributed by atoms with Gasteiger partial charge in [0.2, 0.25) is 0 Å². The summed E-state index contributed by atoms with van der Waals surface area (Å²) >= 11 is 12.0. The third-order valence-corrected chi connectivity index (χ3v) is 3.91. The van der Waals surface area contributed by atoms with E-state index in [-0.39, 0.29) is 12.3 Å². The van der Waals surface area contributed by atoms with Crippen molar-refractivity contribution in [3.63, 3.8) is 0 Å². The third-order valence-electron chi connectivity index (χ3n) is 3.36. The van der Waals surface area contributed by atoms with Crippen LogP contribution in [0.4, 0.5) is 0 Å². The Bertz CT molecular complexity index is 980. The van der Waals surface area contributed by atoms with Crippen LogP contribution >= 0.6 is 23.2 Å². The number of amides is 2. The summed E-state index contributed by atoms with van der Waals surface area (Å²) in [6, 6.07) is 11.5. The Morgan fingerprint density at radius 3 is 2.74 bits per heavy atom. The summed E-state index contributed by atoms with van der Waals surface area (Å²) in [5.74, 6) is 0.0784. The molecule has 0 fully saturated rings. The SMILES string of the molecule is O=C(CNC(=O)c1ccco1)NN=Cc1ccc(-c2ccc(Cl)cc2Cl)o1. The molecule has 3 aromatic rings. The van der Waals surface area contributed by atoms with E-state index in [0.717, 1.165) is 0 Å². The molecule has 1 aromatic carbocycles. The molecule has 0 atom stereocenters. The number of benzene rings is 1. The largest absolute Gasteiger partial charge is 0.459 e. The highest BCUT2D eigenvalue weighted by Crippen LogP contribution is 2.31. The van der Waals surface area contributed by atoms with Crippen LogP contribution in [0, 0.1) is 0 Å². The number of nitrogens with one attached hydrogen (secondary N) is 2. The molecule has 0 aliphatic heterocycles. The summed E-state index contributed by atoms with van der Waals surface area (Å²) in [5, 5.41) is 7.17. The molecule has 0 aliphatic rings. The molecule has 0 saturated heterocycles. The molecule has 2 heterocycles. The predicted octanol–water partition coefficient (Wildman–Crippen LogP) is 3.73. The molecule has 2 aromatic heterocycles. The maximum atomic E-state index is 11.7. The lowest BCUT2D eigenvalue weighted by atomic mass is 10.2. The van der Waals surface area contributed by atoms with E-state index in [9.17, 15) is 9.59 Å². The lowest BCUT2D eigenvalue weighted by Gasteiger charge is -2.01. The minimum absolute atomic E-state index is 0.121. The highest BCUT2D eigenvalue weighted by Gasteiger charge is 2.10. The summed E-state index contributed by atoms with van der Waals surface area (Å²) in [7, 11) is 0. The van der Waals surface area contributed by atoms with Crippen LogP contribution in [0.2, 0.25) is 10.0 Å². The standard InChI is InChI=1S/C18H13Cl2N3O4/c19-11-3-5-13(14(20)8-11)15-6-4-12(27-15)9-22-23-17(24)10-21-18(25)16-2-1-7-26-16/h1-9H,10H2,(H,21,25)(H,23,24). The highest BCUT2D eigenvalue weighted by molar-refractivity contribution is 6.36. The van der Waals surface area contributed by atoms with E-state index in [2.05, 4.69) is 15.8 Å². The van der Waals surface area contributed by atoms with E-state index in [1.165, 1.54) is 18.5 Å². The summed E-state index contributed by atoms with van der Waals surface area (Å²) in [6.45, 7) is -0.249. The summed E-state index contributed by atoms with van der Waals surface area (Å²) in [4.78, 5) is 23.3. The first-order valence-electron chi connectivity index (χ1n) is 7.72. The zero-order valence-electron chi connectivity index (χ0n) is 13.7. The zero-order valence-corrected chi connectivity index (χ0v) is 15.3. The molecule has 0 radical (unpaired) electrons. The van der Waals surface area contributed by atoms with Crippen LogP contribution in [0.5, 0.6) is 0 Å². The first kappa shape index (κ1) is 18.8. The van der Waals surface area contributed by atoms with Crippen LogP contribution in [0.15, 0.2) is 62.7 Å². The molecule has 0 unspecified atom stereocenters. The van der Waals surface area contributed by atoms with Crippen molar-refractivity contribution in [3.05, 3.63) is 70.3 Å². The Hall–Kier alpha value is -3.03. The first-order valence-corrected chi connectivity index (χ1v) is 8.47. The van der Waals surface area contributed by atoms with Crippen LogP contribution in [0.3, 0.4) is 0 Å². The Balaban J connectivity index is 1.52. The van der Waals surface area contributed by atoms with Crippen molar-refractivity contribution >= 4 is 41.2 Å². The van der Waals surface area contributed by atoms with Gasteiger partial charge >= 0.3 is 0 Å². The number of hydrogen-bond acceptors (Lipinski definition) is 5. The molecule has 138 valence electrons. The van der Waals surface area contributed by atoms with Gasteiger partial charge in [-0.3, -0.25) is 9.59 Å². The fourth-order valence-electron chi connectivity index (χ4n) is 2.12. The molecular formula is C18H13Cl2N3O4. The first-order chi connectivity index (χ1) is 13.0. The molecule has 0 saturated carbocycles.